The van der Waals surface area contributed by atoms with Crippen LogP contribution in [0.1, 0.15) is 15.9 Å². The number of H-pyrrole nitrogens is 2. The van der Waals surface area contributed by atoms with Crippen molar-refractivity contribution in [2.45, 2.75) is 6.42 Å². The van der Waals surface area contributed by atoms with Crippen LogP contribution in [-0.4, -0.2) is 37.1 Å². The Morgan fingerprint density at radius 3 is 2.65 bits per heavy atom. The van der Waals surface area contributed by atoms with Crippen LogP contribution in [0.15, 0.2) is 41.2 Å². The summed E-state index contributed by atoms with van der Waals surface area (Å²) in [6.45, 7) is 0.386. The average Bonchev–Trinajstić information content (AvgIpc) is 3.15. The molecule has 134 valence electrons. The summed E-state index contributed by atoms with van der Waals surface area (Å²) in [4.78, 5) is 29.1. The van der Waals surface area contributed by atoms with Gasteiger partial charge >= 0.3 is 5.69 Å². The number of nitrogens with zero attached hydrogens (tertiary/aromatic N) is 1. The Labute approximate surface area is 148 Å². The molecule has 1 aliphatic rings. The first-order valence-electron chi connectivity index (χ1n) is 7.95. The molecule has 0 radical (unpaired) electrons. The smallest absolute Gasteiger partial charge is 0.322 e. The number of benzene rings is 2. The van der Waals surface area contributed by atoms with Crippen molar-refractivity contribution >= 4 is 38.3 Å². The van der Waals surface area contributed by atoms with Crippen LogP contribution < -0.4 is 15.3 Å². The summed E-state index contributed by atoms with van der Waals surface area (Å²) in [5.74, 6) is -0.303. The lowest BCUT2D eigenvalue weighted by Crippen LogP contribution is -2.27. The molecule has 8 nitrogen and oxygen atoms in total. The fraction of sp³-hybridized carbons (Fsp3) is 0.176. The molecule has 3 N–H and O–H groups in total. The summed E-state index contributed by atoms with van der Waals surface area (Å²) in [5, 5.41) is 2.79. The molecule has 0 saturated carbocycles. The van der Waals surface area contributed by atoms with Crippen molar-refractivity contribution in [1.29, 1.82) is 0 Å². The largest absolute Gasteiger partial charge is 0.323 e. The van der Waals surface area contributed by atoms with Crippen molar-refractivity contribution in [2.75, 3.05) is 22.4 Å². The Bertz CT molecular complexity index is 1190. The Kier molecular flexibility index (Phi) is 3.62. The van der Waals surface area contributed by atoms with Crippen molar-refractivity contribution < 1.29 is 13.2 Å². The van der Waals surface area contributed by atoms with Gasteiger partial charge in [0.15, 0.2) is 0 Å². The molecule has 3 aromatic rings. The van der Waals surface area contributed by atoms with Crippen LogP contribution >= 0.6 is 0 Å². The molecule has 26 heavy (non-hydrogen) atoms. The van der Waals surface area contributed by atoms with E-state index in [1.165, 1.54) is 10.6 Å². The van der Waals surface area contributed by atoms with E-state index >= 15 is 0 Å². The van der Waals surface area contributed by atoms with Crippen LogP contribution in [0.4, 0.5) is 11.4 Å². The molecule has 2 aromatic carbocycles. The van der Waals surface area contributed by atoms with Crippen LogP contribution in [-0.2, 0) is 16.4 Å². The fourth-order valence-corrected chi connectivity index (χ4v) is 4.13. The van der Waals surface area contributed by atoms with Gasteiger partial charge in [0.25, 0.3) is 5.91 Å². The maximum absolute atomic E-state index is 12.5. The van der Waals surface area contributed by atoms with E-state index in [1.807, 2.05) is 0 Å². The third-order valence-corrected chi connectivity index (χ3v) is 5.55. The van der Waals surface area contributed by atoms with Crippen LogP contribution in [0.25, 0.3) is 11.0 Å². The topological polar surface area (TPSA) is 115 Å². The minimum atomic E-state index is -3.32. The first-order chi connectivity index (χ1) is 12.3. The van der Waals surface area contributed by atoms with Gasteiger partial charge in [0.1, 0.15) is 0 Å². The SMILES string of the molecule is CS(=O)(=O)N1CCc2cc(C(=O)Nc3ccc4[nH]c(=O)[nH]c4c3)ccc21. The molecule has 1 aromatic heterocycles. The number of carbonyl (C=O) groups is 1. The van der Waals surface area contributed by atoms with Gasteiger partial charge in [0.05, 0.1) is 23.0 Å². The molecule has 0 bridgehead atoms. The molecule has 0 atom stereocenters. The van der Waals surface area contributed by atoms with E-state index < -0.39 is 10.0 Å². The molecule has 0 unspecified atom stereocenters. The zero-order valence-corrected chi connectivity index (χ0v) is 14.7. The number of carbonyl (C=O) groups excluding carboxylic acids is 1. The highest BCUT2D eigenvalue weighted by molar-refractivity contribution is 7.92. The second kappa shape index (κ2) is 5.73. The van der Waals surface area contributed by atoms with Gasteiger partial charge < -0.3 is 15.3 Å². The highest BCUT2D eigenvalue weighted by Crippen LogP contribution is 2.31. The molecule has 0 fully saturated rings. The summed E-state index contributed by atoms with van der Waals surface area (Å²) in [5.41, 5.74) is 3.40. The number of rotatable bonds is 3. The van der Waals surface area contributed by atoms with Crippen molar-refractivity contribution in [3.8, 4) is 0 Å². The third-order valence-electron chi connectivity index (χ3n) is 4.37. The number of anilines is 2. The normalized spacial score (nSPS) is 13.8. The van der Waals surface area contributed by atoms with E-state index in [2.05, 4.69) is 15.3 Å². The zero-order chi connectivity index (χ0) is 18.5. The second-order valence-corrected chi connectivity index (χ2v) is 8.13. The highest BCUT2D eigenvalue weighted by Gasteiger charge is 2.26. The fourth-order valence-electron chi connectivity index (χ4n) is 3.17. The Morgan fingerprint density at radius 2 is 1.88 bits per heavy atom. The van der Waals surface area contributed by atoms with E-state index in [0.29, 0.717) is 40.9 Å². The molecule has 2 heterocycles. The van der Waals surface area contributed by atoms with Gasteiger partial charge in [-0.3, -0.25) is 9.10 Å². The molecular formula is C17H16N4O4S. The van der Waals surface area contributed by atoms with Gasteiger partial charge in [-0.25, -0.2) is 13.2 Å². The molecule has 9 heteroatoms. The van der Waals surface area contributed by atoms with Crippen LogP contribution in [0.2, 0.25) is 0 Å². The van der Waals surface area contributed by atoms with Crippen LogP contribution in [0.5, 0.6) is 0 Å². The molecular weight excluding hydrogens is 356 g/mol. The van der Waals surface area contributed by atoms with Gasteiger partial charge in [-0.15, -0.1) is 0 Å². The molecule has 1 aliphatic heterocycles. The minimum absolute atomic E-state index is 0.303. The van der Waals surface area contributed by atoms with E-state index in [1.54, 1.807) is 36.4 Å². The van der Waals surface area contributed by atoms with Gasteiger partial charge in [-0.2, -0.15) is 0 Å². The standard InChI is InChI=1S/C17H16N4O4S/c1-26(24,25)21-7-6-10-8-11(2-5-15(10)21)16(22)18-12-3-4-13-14(9-12)20-17(23)19-13/h2-5,8-9H,6-7H2,1H3,(H,18,22)(H2,19,20,23). The molecule has 0 saturated heterocycles. The quantitative estimate of drug-likeness (QED) is 0.645. The monoisotopic (exact) mass is 372 g/mol. The Hall–Kier alpha value is -3.07. The molecule has 0 spiro atoms. The van der Waals surface area contributed by atoms with Crippen molar-refractivity contribution in [3.63, 3.8) is 0 Å². The molecule has 4 rings (SSSR count). The maximum Gasteiger partial charge on any atom is 0.323 e. The number of sulfonamides is 1. The lowest BCUT2D eigenvalue weighted by molar-refractivity contribution is 0.102. The maximum atomic E-state index is 12.5. The van der Waals surface area contributed by atoms with E-state index in [0.717, 1.165) is 5.56 Å². The summed E-state index contributed by atoms with van der Waals surface area (Å²) >= 11 is 0. The first-order valence-corrected chi connectivity index (χ1v) is 9.80. The van der Waals surface area contributed by atoms with E-state index in [9.17, 15) is 18.0 Å². The van der Waals surface area contributed by atoms with Crippen LogP contribution in [0.3, 0.4) is 0 Å². The number of amides is 1. The number of imidazole rings is 1. The number of fused-ring (bicyclic) bond motifs is 2. The Balaban J connectivity index is 1.59. The predicted molar refractivity (Wildman–Crippen MR) is 99.2 cm³/mol. The molecule has 1 amide bonds. The van der Waals surface area contributed by atoms with E-state index in [4.69, 9.17) is 0 Å². The Morgan fingerprint density at radius 1 is 1.12 bits per heavy atom. The number of aromatic amines is 2. The summed E-state index contributed by atoms with van der Waals surface area (Å²) in [7, 11) is -3.32. The van der Waals surface area contributed by atoms with Gasteiger partial charge in [0.2, 0.25) is 10.0 Å². The van der Waals surface area contributed by atoms with Gasteiger partial charge in [0, 0.05) is 17.8 Å². The van der Waals surface area contributed by atoms with Crippen molar-refractivity contribution in [1.82, 2.24) is 9.97 Å². The zero-order valence-electron chi connectivity index (χ0n) is 13.9. The highest BCUT2D eigenvalue weighted by atomic mass is 32.2. The van der Waals surface area contributed by atoms with E-state index in [-0.39, 0.29) is 11.6 Å². The summed E-state index contributed by atoms with van der Waals surface area (Å²) in [6, 6.07) is 10.0. The van der Waals surface area contributed by atoms with Crippen molar-refractivity contribution in [3.05, 3.63) is 58.0 Å². The van der Waals surface area contributed by atoms with Crippen molar-refractivity contribution in [2.24, 2.45) is 0 Å². The number of hydrogen-bond donors (Lipinski definition) is 3. The minimum Gasteiger partial charge on any atom is -0.322 e. The number of hydrogen-bond acceptors (Lipinski definition) is 4. The third kappa shape index (κ3) is 2.86. The lowest BCUT2D eigenvalue weighted by Gasteiger charge is -2.16. The van der Waals surface area contributed by atoms with Gasteiger partial charge in [-0.1, -0.05) is 0 Å². The van der Waals surface area contributed by atoms with Gasteiger partial charge in [-0.05, 0) is 48.4 Å². The summed E-state index contributed by atoms with van der Waals surface area (Å²) in [6.07, 6.45) is 1.74. The predicted octanol–water partition coefficient (Wildman–Crippen LogP) is 1.43. The lowest BCUT2D eigenvalue weighted by atomic mass is 10.1. The van der Waals surface area contributed by atoms with Crippen LogP contribution in [0, 0.1) is 0 Å². The molecule has 0 aliphatic carbocycles. The number of aromatic nitrogens is 2. The average molecular weight is 372 g/mol. The second-order valence-electron chi connectivity index (χ2n) is 6.22. The summed E-state index contributed by atoms with van der Waals surface area (Å²) < 4.78 is 24.9. The number of nitrogens with one attached hydrogen (secondary N) is 3. The first kappa shape index (κ1) is 16.4.